The minimum atomic E-state index is -4.34. The molecule has 2 unspecified atom stereocenters. The third-order valence-electron chi connectivity index (χ3n) is 5.96. The number of nitrogens with zero attached hydrogens (tertiary/aromatic N) is 2. The van der Waals surface area contributed by atoms with Gasteiger partial charge in [0.25, 0.3) is 21.9 Å². The maximum absolute atomic E-state index is 13.2. The van der Waals surface area contributed by atoms with Crippen molar-refractivity contribution >= 4 is 57.3 Å². The molecule has 3 atom stereocenters. The lowest BCUT2D eigenvalue weighted by atomic mass is 10.0. The first-order valence-electron chi connectivity index (χ1n) is 13.0. The third-order valence-corrected chi connectivity index (χ3v) is 8.58. The summed E-state index contributed by atoms with van der Waals surface area (Å²) in [6.07, 6.45) is -2.41. The SMILES string of the molecule is CCOC(=O)OC(C)OC(=O)C1=C(COC)CS[C@@H]2C(NC(=O)/C(=N\OC)C(=O)COS(=O)(=O)c3ccc(C)cc3)C(=O)N12. The molecule has 1 fully saturated rings. The number of hydrogen-bond donors (Lipinski definition) is 1. The topological polar surface area (TPSA) is 202 Å². The fourth-order valence-electron chi connectivity index (χ4n) is 3.97. The number of carbonyl (C=O) groups excluding carboxylic acids is 5. The molecule has 1 aromatic rings. The Labute approximate surface area is 257 Å². The van der Waals surface area contributed by atoms with Crippen LogP contribution in [0.15, 0.2) is 45.6 Å². The number of hydrogen-bond acceptors (Lipinski definition) is 15. The van der Waals surface area contributed by atoms with Gasteiger partial charge in [-0.15, -0.1) is 11.8 Å². The summed E-state index contributed by atoms with van der Waals surface area (Å²) in [5, 5.41) is 4.97. The molecule has 0 spiro atoms. The lowest BCUT2D eigenvalue weighted by Crippen LogP contribution is -2.71. The second kappa shape index (κ2) is 15.1. The molecule has 0 aromatic heterocycles. The van der Waals surface area contributed by atoms with Crippen molar-refractivity contribution in [2.75, 3.05) is 39.8 Å². The van der Waals surface area contributed by atoms with E-state index in [0.29, 0.717) is 5.57 Å². The molecule has 0 radical (unpaired) electrons. The van der Waals surface area contributed by atoms with Crippen molar-refractivity contribution in [3.63, 3.8) is 0 Å². The number of carbonyl (C=O) groups is 5. The fourth-order valence-corrected chi connectivity index (χ4v) is 6.16. The summed E-state index contributed by atoms with van der Waals surface area (Å²) in [5.74, 6) is -3.78. The quantitative estimate of drug-likeness (QED) is 0.0555. The van der Waals surface area contributed by atoms with E-state index >= 15 is 0 Å². The number of ketones is 1. The Morgan fingerprint density at radius 2 is 1.82 bits per heavy atom. The summed E-state index contributed by atoms with van der Waals surface area (Å²) in [4.78, 5) is 69.0. The van der Waals surface area contributed by atoms with Gasteiger partial charge in [0, 0.05) is 19.8 Å². The smallest absolute Gasteiger partial charge is 0.435 e. The zero-order valence-corrected chi connectivity index (χ0v) is 26.0. The van der Waals surface area contributed by atoms with Crippen LogP contribution in [0.5, 0.6) is 0 Å². The first-order chi connectivity index (χ1) is 20.8. The summed E-state index contributed by atoms with van der Waals surface area (Å²) in [5.41, 5.74) is 0.211. The van der Waals surface area contributed by atoms with Crippen LogP contribution in [0, 0.1) is 6.92 Å². The molecule has 3 rings (SSSR count). The highest BCUT2D eigenvalue weighted by molar-refractivity contribution is 8.00. The Kier molecular flexibility index (Phi) is 11.9. The van der Waals surface area contributed by atoms with Crippen molar-refractivity contribution in [2.24, 2.45) is 5.16 Å². The van der Waals surface area contributed by atoms with E-state index in [-0.39, 0.29) is 29.6 Å². The number of rotatable bonds is 14. The van der Waals surface area contributed by atoms with Crippen molar-refractivity contribution in [3.8, 4) is 0 Å². The summed E-state index contributed by atoms with van der Waals surface area (Å²) < 4.78 is 49.6. The molecule has 18 heteroatoms. The standard InChI is InChI=1S/C26H31N3O13S2/c1-6-39-26(34)42-15(3)41-25(33)21-16(11-37-4)13-43-24-20(23(32)29(21)24)27-22(31)19(28-38-5)18(30)12-40-44(35,36)17-9-7-14(2)8-10-17/h7-10,15,20,24H,6,11-13H2,1-5H3,(H,27,31)/b28-19-/t15?,20?,24-/m1/s1. The van der Waals surface area contributed by atoms with Crippen LogP contribution in [0.2, 0.25) is 0 Å². The second-order valence-corrected chi connectivity index (χ2v) is 11.8. The molecule has 44 heavy (non-hydrogen) atoms. The monoisotopic (exact) mass is 657 g/mol. The Morgan fingerprint density at radius 1 is 1.14 bits per heavy atom. The van der Waals surface area contributed by atoms with Gasteiger partial charge < -0.3 is 29.1 Å². The van der Waals surface area contributed by atoms with Crippen molar-refractivity contribution in [1.82, 2.24) is 10.2 Å². The predicted octanol–water partition coefficient (Wildman–Crippen LogP) is 0.635. The number of thioether (sulfide) groups is 1. The van der Waals surface area contributed by atoms with Crippen molar-refractivity contribution < 1.29 is 60.4 Å². The Morgan fingerprint density at radius 3 is 2.43 bits per heavy atom. The molecule has 1 N–H and O–H groups in total. The molecular weight excluding hydrogens is 626 g/mol. The van der Waals surface area contributed by atoms with E-state index in [9.17, 15) is 32.4 Å². The van der Waals surface area contributed by atoms with E-state index in [2.05, 4.69) is 20.0 Å². The molecule has 16 nitrogen and oxygen atoms in total. The first kappa shape index (κ1) is 34.5. The van der Waals surface area contributed by atoms with Crippen molar-refractivity contribution in [3.05, 3.63) is 41.1 Å². The number of amides is 2. The number of benzene rings is 1. The third kappa shape index (κ3) is 8.13. The van der Waals surface area contributed by atoms with E-state index in [4.69, 9.17) is 18.4 Å². The van der Waals surface area contributed by atoms with Crippen LogP contribution in [0.1, 0.15) is 19.4 Å². The van der Waals surface area contributed by atoms with Gasteiger partial charge in [-0.2, -0.15) is 8.42 Å². The van der Waals surface area contributed by atoms with Gasteiger partial charge in [-0.3, -0.25) is 23.5 Å². The molecule has 0 aliphatic carbocycles. The van der Waals surface area contributed by atoms with Crippen LogP contribution in [0.25, 0.3) is 0 Å². The van der Waals surface area contributed by atoms with E-state index in [1.54, 1.807) is 26.0 Å². The average Bonchev–Trinajstić information content (AvgIpc) is 2.97. The number of β-lactam (4-membered cyclic amide) rings is 1. The highest BCUT2D eigenvalue weighted by atomic mass is 32.2. The van der Waals surface area contributed by atoms with Gasteiger partial charge in [0.15, 0.2) is 0 Å². The largest absolute Gasteiger partial charge is 0.511 e. The van der Waals surface area contributed by atoms with Gasteiger partial charge in [0.1, 0.15) is 30.8 Å². The minimum absolute atomic E-state index is 0.0251. The molecule has 0 bridgehead atoms. The highest BCUT2D eigenvalue weighted by Gasteiger charge is 2.55. The number of Topliss-reactive ketones (excluding diaryl/α,β-unsaturated/α-hetero) is 1. The Balaban J connectivity index is 1.70. The van der Waals surface area contributed by atoms with Gasteiger partial charge in [-0.05, 0) is 31.6 Å². The molecule has 2 aliphatic heterocycles. The highest BCUT2D eigenvalue weighted by Crippen LogP contribution is 2.40. The van der Waals surface area contributed by atoms with Gasteiger partial charge >= 0.3 is 12.1 Å². The van der Waals surface area contributed by atoms with Crippen LogP contribution in [0.3, 0.4) is 0 Å². The van der Waals surface area contributed by atoms with Crippen molar-refractivity contribution in [2.45, 2.75) is 43.4 Å². The van der Waals surface area contributed by atoms with Crippen LogP contribution >= 0.6 is 11.8 Å². The summed E-state index contributed by atoms with van der Waals surface area (Å²) >= 11 is 1.20. The van der Waals surface area contributed by atoms with Crippen LogP contribution in [-0.2, 0) is 57.3 Å². The van der Waals surface area contributed by atoms with E-state index in [1.807, 2.05) is 0 Å². The van der Waals surface area contributed by atoms with Gasteiger partial charge in [0.05, 0.1) is 18.1 Å². The van der Waals surface area contributed by atoms with Gasteiger partial charge in [-0.1, -0.05) is 22.9 Å². The molecule has 1 aromatic carbocycles. The fraction of sp³-hybridized carbons (Fsp3) is 0.462. The lowest BCUT2D eigenvalue weighted by molar-refractivity contribution is -0.169. The molecule has 2 aliphatic rings. The molecule has 2 amide bonds. The number of methoxy groups -OCH3 is 1. The second-order valence-electron chi connectivity index (χ2n) is 9.09. The zero-order chi connectivity index (χ0) is 32.6. The molecule has 0 saturated carbocycles. The van der Waals surface area contributed by atoms with Gasteiger partial charge in [0.2, 0.25) is 17.8 Å². The maximum atomic E-state index is 13.2. The van der Waals surface area contributed by atoms with E-state index in [0.717, 1.165) is 17.6 Å². The molecular formula is C26H31N3O13S2. The summed E-state index contributed by atoms with van der Waals surface area (Å²) in [6.45, 7) is 3.55. The first-order valence-corrected chi connectivity index (χ1v) is 15.4. The molecule has 240 valence electrons. The number of esters is 1. The number of fused-ring (bicyclic) bond motifs is 1. The summed E-state index contributed by atoms with van der Waals surface area (Å²) in [7, 11) is -1.88. The number of aryl methyl sites for hydroxylation is 1. The number of ether oxygens (including phenoxy) is 4. The zero-order valence-electron chi connectivity index (χ0n) is 24.4. The Bertz CT molecular complexity index is 1460. The molecule has 1 saturated heterocycles. The van der Waals surface area contributed by atoms with Crippen LogP contribution in [-0.4, -0.2) is 106 Å². The average molecular weight is 658 g/mol. The predicted molar refractivity (Wildman–Crippen MR) is 151 cm³/mol. The minimum Gasteiger partial charge on any atom is -0.435 e. The molecule has 2 heterocycles. The lowest BCUT2D eigenvalue weighted by Gasteiger charge is -2.49. The van der Waals surface area contributed by atoms with Crippen LogP contribution < -0.4 is 5.32 Å². The van der Waals surface area contributed by atoms with E-state index < -0.39 is 69.9 Å². The number of oxime groups is 1. The van der Waals surface area contributed by atoms with Crippen LogP contribution in [0.4, 0.5) is 4.79 Å². The number of nitrogens with one attached hydrogen (secondary N) is 1. The van der Waals surface area contributed by atoms with Gasteiger partial charge in [-0.25, -0.2) is 9.59 Å². The van der Waals surface area contributed by atoms with Crippen molar-refractivity contribution in [1.29, 1.82) is 0 Å². The Hall–Kier alpha value is -4.00. The summed E-state index contributed by atoms with van der Waals surface area (Å²) in [6, 6.07) is 4.47. The normalized spacial score (nSPS) is 18.9. The van der Waals surface area contributed by atoms with E-state index in [1.165, 1.54) is 37.9 Å². The maximum Gasteiger partial charge on any atom is 0.511 e.